The molecule has 3 nitrogen and oxygen atoms in total. The summed E-state index contributed by atoms with van der Waals surface area (Å²) in [4.78, 5) is 22.1. The summed E-state index contributed by atoms with van der Waals surface area (Å²) in [5, 5.41) is 4.15. The third-order valence-electron chi connectivity index (χ3n) is 3.25. The molecule has 0 saturated carbocycles. The molecule has 0 radical (unpaired) electrons. The number of fused-ring (bicyclic) bond motifs is 1. The molecule has 19 heavy (non-hydrogen) atoms. The third kappa shape index (κ3) is 2.62. The highest BCUT2D eigenvalue weighted by Gasteiger charge is 2.33. The van der Waals surface area contributed by atoms with Gasteiger partial charge in [-0.25, -0.2) is 9.97 Å². The Bertz CT molecular complexity index is 640. The zero-order chi connectivity index (χ0) is 13.6. The molecule has 0 unspecified atom stereocenters. The van der Waals surface area contributed by atoms with Crippen LogP contribution in [0.4, 0.5) is 0 Å². The van der Waals surface area contributed by atoms with Gasteiger partial charge in [-0.2, -0.15) is 0 Å². The van der Waals surface area contributed by atoms with Crippen LogP contribution in [-0.2, 0) is 12.8 Å². The van der Waals surface area contributed by atoms with E-state index in [1.54, 1.807) is 22.7 Å². The van der Waals surface area contributed by atoms with Gasteiger partial charge < -0.3 is 0 Å². The summed E-state index contributed by atoms with van der Waals surface area (Å²) in [7, 11) is 0. The molecule has 0 fully saturated rings. The van der Waals surface area contributed by atoms with E-state index in [0.717, 1.165) is 39.1 Å². The van der Waals surface area contributed by atoms with E-state index in [2.05, 4.69) is 29.2 Å². The summed E-state index contributed by atoms with van der Waals surface area (Å²) >= 11 is 3.22. The fourth-order valence-electron chi connectivity index (χ4n) is 2.46. The molecule has 0 amide bonds. The molecular formula is C14H16N2OS2. The van der Waals surface area contributed by atoms with Gasteiger partial charge in [0.15, 0.2) is 5.78 Å². The fourth-order valence-corrected chi connectivity index (χ4v) is 4.35. The summed E-state index contributed by atoms with van der Waals surface area (Å²) in [6.45, 7) is 6.27. The van der Waals surface area contributed by atoms with Crippen LogP contribution in [0.15, 0.2) is 5.38 Å². The molecule has 0 atom stereocenters. The van der Waals surface area contributed by atoms with Gasteiger partial charge in [0.1, 0.15) is 5.01 Å². The molecule has 0 spiro atoms. The van der Waals surface area contributed by atoms with Crippen LogP contribution < -0.4 is 0 Å². The van der Waals surface area contributed by atoms with Crippen LogP contribution in [0, 0.1) is 12.3 Å². The van der Waals surface area contributed by atoms with Crippen molar-refractivity contribution in [1.29, 1.82) is 0 Å². The molecule has 100 valence electrons. The minimum absolute atomic E-state index is 0.0488. The summed E-state index contributed by atoms with van der Waals surface area (Å²) in [6.07, 6.45) is 2.29. The number of Topliss-reactive ketones (excluding diaryl/α,β-unsaturated/α-hetero) is 1. The summed E-state index contributed by atoms with van der Waals surface area (Å²) < 4.78 is 0. The topological polar surface area (TPSA) is 42.9 Å². The van der Waals surface area contributed by atoms with E-state index in [-0.39, 0.29) is 11.2 Å². The van der Waals surface area contributed by atoms with Gasteiger partial charge in [0.05, 0.1) is 22.0 Å². The van der Waals surface area contributed by atoms with Crippen molar-refractivity contribution in [2.24, 2.45) is 5.41 Å². The van der Waals surface area contributed by atoms with Gasteiger partial charge in [0.25, 0.3) is 0 Å². The van der Waals surface area contributed by atoms with Gasteiger partial charge in [0, 0.05) is 17.5 Å². The van der Waals surface area contributed by atoms with Crippen molar-refractivity contribution in [3.8, 4) is 0 Å². The normalized spacial score (nSPS) is 17.5. The number of ketones is 1. The van der Waals surface area contributed by atoms with Gasteiger partial charge in [-0.3, -0.25) is 4.79 Å². The first-order chi connectivity index (χ1) is 8.93. The zero-order valence-corrected chi connectivity index (χ0v) is 13.0. The minimum atomic E-state index is 0.0488. The van der Waals surface area contributed by atoms with Crippen LogP contribution in [0.2, 0.25) is 0 Å². The average Bonchev–Trinajstić information content (AvgIpc) is 2.84. The van der Waals surface area contributed by atoms with Crippen molar-refractivity contribution in [2.45, 2.75) is 40.0 Å². The summed E-state index contributed by atoms with van der Waals surface area (Å²) in [5.41, 5.74) is 2.10. The quantitative estimate of drug-likeness (QED) is 0.848. The van der Waals surface area contributed by atoms with Gasteiger partial charge in [-0.15, -0.1) is 22.7 Å². The van der Waals surface area contributed by atoms with Gasteiger partial charge in [-0.1, -0.05) is 13.8 Å². The lowest BCUT2D eigenvalue weighted by molar-refractivity contribution is 0.0916. The Morgan fingerprint density at radius 2 is 2.05 bits per heavy atom. The van der Waals surface area contributed by atoms with Crippen LogP contribution in [0.25, 0.3) is 0 Å². The highest BCUT2D eigenvalue weighted by atomic mass is 32.1. The van der Waals surface area contributed by atoms with E-state index in [1.165, 1.54) is 0 Å². The van der Waals surface area contributed by atoms with E-state index in [4.69, 9.17) is 0 Å². The number of thiazole rings is 2. The molecule has 1 aliphatic rings. The Hall–Kier alpha value is -1.07. The maximum Gasteiger partial charge on any atom is 0.175 e. The van der Waals surface area contributed by atoms with E-state index in [1.807, 2.05) is 6.92 Å². The first-order valence-electron chi connectivity index (χ1n) is 6.36. The van der Waals surface area contributed by atoms with Crippen molar-refractivity contribution in [3.05, 3.63) is 31.7 Å². The average molecular weight is 292 g/mol. The Balaban J connectivity index is 1.88. The molecule has 0 aliphatic heterocycles. The smallest absolute Gasteiger partial charge is 0.175 e. The molecule has 3 rings (SSSR count). The van der Waals surface area contributed by atoms with Crippen molar-refractivity contribution < 1.29 is 4.79 Å². The molecule has 2 aromatic heterocycles. The van der Waals surface area contributed by atoms with Gasteiger partial charge in [0.2, 0.25) is 0 Å². The predicted molar refractivity (Wildman–Crippen MR) is 78.2 cm³/mol. The van der Waals surface area contributed by atoms with E-state index < -0.39 is 0 Å². The van der Waals surface area contributed by atoms with Gasteiger partial charge >= 0.3 is 0 Å². The van der Waals surface area contributed by atoms with Crippen molar-refractivity contribution >= 4 is 28.5 Å². The van der Waals surface area contributed by atoms with Crippen LogP contribution >= 0.6 is 22.7 Å². The van der Waals surface area contributed by atoms with Gasteiger partial charge in [-0.05, 0) is 18.8 Å². The molecule has 0 saturated heterocycles. The van der Waals surface area contributed by atoms with Crippen molar-refractivity contribution in [3.63, 3.8) is 0 Å². The van der Waals surface area contributed by atoms with Crippen LogP contribution in [0.5, 0.6) is 0 Å². The Kier molecular flexibility index (Phi) is 3.06. The summed E-state index contributed by atoms with van der Waals surface area (Å²) in [5.74, 6) is 0.255. The first kappa shape index (κ1) is 12.9. The number of carbonyl (C=O) groups excluding carboxylic acids is 1. The number of hydrogen-bond acceptors (Lipinski definition) is 5. The second-order valence-corrected chi connectivity index (χ2v) is 7.91. The Morgan fingerprint density at radius 1 is 1.26 bits per heavy atom. The number of aromatic nitrogens is 2. The molecule has 1 aliphatic carbocycles. The van der Waals surface area contributed by atoms with Crippen LogP contribution in [0.1, 0.15) is 51.3 Å². The second kappa shape index (κ2) is 4.49. The Labute approximate surface area is 120 Å². The fraction of sp³-hybridized carbons (Fsp3) is 0.500. The molecule has 0 bridgehead atoms. The number of carbonyl (C=O) groups is 1. The van der Waals surface area contributed by atoms with Crippen molar-refractivity contribution in [2.75, 3.05) is 0 Å². The number of nitrogens with zero attached hydrogens (tertiary/aromatic N) is 2. The van der Waals surface area contributed by atoms with Crippen LogP contribution in [0.3, 0.4) is 0 Å². The lowest BCUT2D eigenvalue weighted by atomic mass is 9.78. The monoisotopic (exact) mass is 292 g/mol. The second-order valence-electron chi connectivity index (χ2n) is 5.88. The molecule has 5 heteroatoms. The molecular weight excluding hydrogens is 276 g/mol. The van der Waals surface area contributed by atoms with Crippen LogP contribution in [-0.4, -0.2) is 15.8 Å². The first-order valence-corrected chi connectivity index (χ1v) is 8.05. The third-order valence-corrected chi connectivity index (χ3v) is 5.35. The largest absolute Gasteiger partial charge is 0.293 e. The van der Waals surface area contributed by atoms with E-state index >= 15 is 0 Å². The molecule has 0 aromatic carbocycles. The SMILES string of the molecule is Cc1csc(Cc2nc3c(s2)C(=O)CC(C)(C)C3)n1. The zero-order valence-electron chi connectivity index (χ0n) is 11.3. The highest BCUT2D eigenvalue weighted by Crippen LogP contribution is 2.37. The standard InChI is InChI=1S/C14H16N2OS2/c1-8-7-18-11(15-8)4-12-16-9-5-14(2,3)6-10(17)13(9)19-12/h7H,4-6H2,1-3H3. The maximum atomic E-state index is 12.1. The summed E-state index contributed by atoms with van der Waals surface area (Å²) in [6, 6.07) is 0. The van der Waals surface area contributed by atoms with Crippen molar-refractivity contribution in [1.82, 2.24) is 9.97 Å². The lowest BCUT2D eigenvalue weighted by Gasteiger charge is -2.26. The molecule has 0 N–H and O–H groups in total. The lowest BCUT2D eigenvalue weighted by Crippen LogP contribution is -2.26. The van der Waals surface area contributed by atoms with E-state index in [0.29, 0.717) is 6.42 Å². The predicted octanol–water partition coefficient (Wildman–Crippen LogP) is 3.65. The number of rotatable bonds is 2. The highest BCUT2D eigenvalue weighted by molar-refractivity contribution is 7.14. The number of hydrogen-bond donors (Lipinski definition) is 0. The minimum Gasteiger partial charge on any atom is -0.293 e. The maximum absolute atomic E-state index is 12.1. The Morgan fingerprint density at radius 3 is 2.74 bits per heavy atom. The number of aryl methyl sites for hydroxylation is 1. The molecule has 2 heterocycles. The molecule has 2 aromatic rings. The van der Waals surface area contributed by atoms with E-state index in [9.17, 15) is 4.79 Å².